The normalized spacial score (nSPS) is 9.93. The lowest BCUT2D eigenvalue weighted by molar-refractivity contribution is -0.134. The largest absolute Gasteiger partial charge is 0.425 e. The van der Waals surface area contributed by atoms with Gasteiger partial charge in [-0.2, -0.15) is 0 Å². The molecule has 0 aliphatic heterocycles. The van der Waals surface area contributed by atoms with Crippen molar-refractivity contribution in [2.24, 2.45) is 0 Å². The average molecular weight is 233 g/mol. The van der Waals surface area contributed by atoms with Crippen molar-refractivity contribution in [2.75, 3.05) is 0 Å². The fraction of sp³-hybridized carbons (Fsp3) is 0.300. The van der Waals surface area contributed by atoms with Crippen LogP contribution in [0.1, 0.15) is 19.8 Å². The fourth-order valence-electron chi connectivity index (χ4n) is 0.936. The minimum atomic E-state index is -0.281. The van der Waals surface area contributed by atoms with Gasteiger partial charge in [-0.25, -0.2) is 0 Å². The molecule has 0 aliphatic carbocycles. The molecule has 0 unspecified atom stereocenters. The van der Waals surface area contributed by atoms with Gasteiger partial charge in [0.1, 0.15) is 5.75 Å². The molecule has 0 bridgehead atoms. The lowest BCUT2D eigenvalue weighted by Gasteiger charge is -2.05. The van der Waals surface area contributed by atoms with Crippen LogP contribution in [0.4, 0.5) is 0 Å². The first-order chi connectivity index (χ1) is 6.63. The average Bonchev–Trinajstić information content (AvgIpc) is 2.10. The Morgan fingerprint density at radius 3 is 2.71 bits per heavy atom. The third kappa shape index (κ3) is 3.20. The Hall–Kier alpha value is -0.730. The van der Waals surface area contributed by atoms with E-state index in [2.05, 4.69) is 0 Å². The van der Waals surface area contributed by atoms with Gasteiger partial charge in [0.15, 0.2) is 0 Å². The van der Waals surface area contributed by atoms with Crippen LogP contribution in [0.2, 0.25) is 10.0 Å². The van der Waals surface area contributed by atoms with E-state index in [1.54, 1.807) is 12.1 Å². The molecule has 1 rings (SSSR count). The van der Waals surface area contributed by atoms with Crippen LogP contribution < -0.4 is 4.74 Å². The van der Waals surface area contributed by atoms with Crippen molar-refractivity contribution in [3.05, 3.63) is 28.2 Å². The molecule has 0 aliphatic rings. The minimum absolute atomic E-state index is 0.281. The third-order valence-electron chi connectivity index (χ3n) is 1.57. The molecular weight excluding hydrogens is 223 g/mol. The van der Waals surface area contributed by atoms with E-state index in [-0.39, 0.29) is 5.97 Å². The van der Waals surface area contributed by atoms with Gasteiger partial charge in [0.2, 0.25) is 0 Å². The van der Waals surface area contributed by atoms with E-state index >= 15 is 0 Å². The summed E-state index contributed by atoms with van der Waals surface area (Å²) in [5, 5.41) is 0.868. The van der Waals surface area contributed by atoms with Crippen LogP contribution in [0.3, 0.4) is 0 Å². The van der Waals surface area contributed by atoms with Gasteiger partial charge in [0.25, 0.3) is 0 Å². The summed E-state index contributed by atoms with van der Waals surface area (Å²) < 4.78 is 5.01. The van der Waals surface area contributed by atoms with Crippen molar-refractivity contribution in [3.63, 3.8) is 0 Å². The van der Waals surface area contributed by atoms with E-state index in [0.717, 1.165) is 6.42 Å². The lowest BCUT2D eigenvalue weighted by atomic mass is 10.3. The predicted molar refractivity (Wildman–Crippen MR) is 57.0 cm³/mol. The number of hydrogen-bond donors (Lipinski definition) is 0. The Bertz CT molecular complexity index is 337. The van der Waals surface area contributed by atoms with E-state index in [9.17, 15) is 4.79 Å². The topological polar surface area (TPSA) is 26.3 Å². The van der Waals surface area contributed by atoms with E-state index in [4.69, 9.17) is 27.9 Å². The lowest BCUT2D eigenvalue weighted by Crippen LogP contribution is -2.06. The van der Waals surface area contributed by atoms with Crippen molar-refractivity contribution in [3.8, 4) is 5.75 Å². The highest BCUT2D eigenvalue weighted by Crippen LogP contribution is 2.27. The van der Waals surface area contributed by atoms with Gasteiger partial charge >= 0.3 is 5.97 Å². The molecular formula is C10H10Cl2O2. The Morgan fingerprint density at radius 1 is 1.43 bits per heavy atom. The van der Waals surface area contributed by atoms with Crippen LogP contribution in [0.5, 0.6) is 5.75 Å². The van der Waals surface area contributed by atoms with Crippen molar-refractivity contribution in [1.29, 1.82) is 0 Å². The summed E-state index contributed by atoms with van der Waals surface area (Å²) in [6.45, 7) is 1.91. The molecule has 0 radical (unpaired) electrons. The van der Waals surface area contributed by atoms with E-state index in [1.807, 2.05) is 6.92 Å². The summed E-state index contributed by atoms with van der Waals surface area (Å²) in [4.78, 5) is 11.1. The number of rotatable bonds is 3. The number of halogens is 2. The molecule has 0 saturated carbocycles. The first kappa shape index (κ1) is 11.3. The molecule has 76 valence electrons. The Labute approximate surface area is 92.8 Å². The van der Waals surface area contributed by atoms with Crippen LogP contribution in [0.15, 0.2) is 18.2 Å². The highest BCUT2D eigenvalue weighted by Gasteiger charge is 2.07. The van der Waals surface area contributed by atoms with Crippen molar-refractivity contribution < 1.29 is 9.53 Å². The zero-order valence-electron chi connectivity index (χ0n) is 7.72. The quantitative estimate of drug-likeness (QED) is 0.587. The van der Waals surface area contributed by atoms with E-state index in [1.165, 1.54) is 6.07 Å². The zero-order chi connectivity index (χ0) is 10.6. The molecule has 4 heteroatoms. The maximum absolute atomic E-state index is 11.1. The van der Waals surface area contributed by atoms with Crippen LogP contribution in [0, 0.1) is 0 Å². The molecule has 2 nitrogen and oxygen atoms in total. The second-order valence-corrected chi connectivity index (χ2v) is 3.64. The van der Waals surface area contributed by atoms with Crippen molar-refractivity contribution in [2.45, 2.75) is 19.8 Å². The van der Waals surface area contributed by atoms with Gasteiger partial charge < -0.3 is 4.74 Å². The molecule has 1 aromatic rings. The van der Waals surface area contributed by atoms with Crippen molar-refractivity contribution >= 4 is 29.2 Å². The third-order valence-corrected chi connectivity index (χ3v) is 2.10. The standard InChI is InChI=1S/C10H10Cl2O2/c1-2-3-10(13)14-9-5-4-7(11)6-8(9)12/h4-6H,2-3H2,1H3. The van der Waals surface area contributed by atoms with Crippen LogP contribution in [-0.2, 0) is 4.79 Å². The molecule has 0 atom stereocenters. The number of hydrogen-bond acceptors (Lipinski definition) is 2. The van der Waals surface area contributed by atoms with E-state index in [0.29, 0.717) is 22.2 Å². The number of esters is 1. The van der Waals surface area contributed by atoms with E-state index < -0.39 is 0 Å². The summed E-state index contributed by atoms with van der Waals surface area (Å²) in [5.74, 6) is 0.0752. The molecule has 0 saturated heterocycles. The summed E-state index contributed by atoms with van der Waals surface area (Å²) in [5.41, 5.74) is 0. The zero-order valence-corrected chi connectivity index (χ0v) is 9.23. The Kier molecular flexibility index (Phi) is 4.23. The molecule has 14 heavy (non-hydrogen) atoms. The van der Waals surface area contributed by atoms with Gasteiger partial charge in [-0.05, 0) is 24.6 Å². The molecule has 0 amide bonds. The molecule has 0 spiro atoms. The summed E-state index contributed by atoms with van der Waals surface area (Å²) in [7, 11) is 0. The second kappa shape index (κ2) is 5.23. The summed E-state index contributed by atoms with van der Waals surface area (Å²) in [6.07, 6.45) is 1.14. The van der Waals surface area contributed by atoms with Gasteiger partial charge in [-0.1, -0.05) is 30.1 Å². The highest BCUT2D eigenvalue weighted by molar-refractivity contribution is 6.35. The second-order valence-electron chi connectivity index (χ2n) is 2.80. The van der Waals surface area contributed by atoms with Crippen LogP contribution in [-0.4, -0.2) is 5.97 Å². The molecule has 0 fully saturated rings. The fourth-order valence-corrected chi connectivity index (χ4v) is 1.38. The highest BCUT2D eigenvalue weighted by atomic mass is 35.5. The van der Waals surface area contributed by atoms with Crippen molar-refractivity contribution in [1.82, 2.24) is 0 Å². The minimum Gasteiger partial charge on any atom is -0.425 e. The first-order valence-corrected chi connectivity index (χ1v) is 5.04. The van der Waals surface area contributed by atoms with Gasteiger partial charge in [-0.3, -0.25) is 4.79 Å². The van der Waals surface area contributed by atoms with Gasteiger partial charge in [-0.15, -0.1) is 0 Å². The number of ether oxygens (including phenoxy) is 1. The SMILES string of the molecule is CCCC(=O)Oc1ccc(Cl)cc1Cl. The molecule has 0 aromatic heterocycles. The summed E-state index contributed by atoms with van der Waals surface area (Å²) in [6, 6.07) is 4.75. The molecule has 0 heterocycles. The predicted octanol–water partition coefficient (Wildman–Crippen LogP) is 3.70. The summed E-state index contributed by atoms with van der Waals surface area (Å²) >= 11 is 11.5. The Morgan fingerprint density at radius 2 is 2.14 bits per heavy atom. The molecule has 0 N–H and O–H groups in total. The van der Waals surface area contributed by atoms with Crippen LogP contribution >= 0.6 is 23.2 Å². The number of carbonyl (C=O) groups excluding carboxylic acids is 1. The first-order valence-electron chi connectivity index (χ1n) is 4.29. The smallest absolute Gasteiger partial charge is 0.311 e. The maximum Gasteiger partial charge on any atom is 0.311 e. The monoisotopic (exact) mass is 232 g/mol. The maximum atomic E-state index is 11.1. The van der Waals surface area contributed by atoms with Crippen LogP contribution in [0.25, 0.3) is 0 Å². The Balaban J connectivity index is 2.72. The number of carbonyl (C=O) groups is 1. The number of benzene rings is 1. The van der Waals surface area contributed by atoms with Gasteiger partial charge in [0, 0.05) is 11.4 Å². The molecule has 1 aromatic carbocycles. The van der Waals surface area contributed by atoms with Gasteiger partial charge in [0.05, 0.1) is 5.02 Å².